The summed E-state index contributed by atoms with van der Waals surface area (Å²) in [5.41, 5.74) is 1.04. The molecule has 5 rings (SSSR count). The minimum Gasteiger partial charge on any atom is -0.348 e. The van der Waals surface area contributed by atoms with E-state index >= 15 is 8.78 Å². The SMILES string of the molecule is C=CC1CCC(C2COC(c3cc(F)c(C4=CCC(c5cc(F)c(F)c(F)c5)CC4)c(F)c3)OC2)CC1. The van der Waals surface area contributed by atoms with E-state index in [9.17, 15) is 13.2 Å². The Hall–Kier alpha value is -2.51. The molecule has 198 valence electrons. The molecule has 0 spiro atoms. The Morgan fingerprint density at radius 1 is 0.730 bits per heavy atom. The maximum absolute atomic E-state index is 15.1. The molecular weight excluding hydrogens is 487 g/mol. The molecule has 1 saturated heterocycles. The van der Waals surface area contributed by atoms with Crippen molar-refractivity contribution in [2.45, 2.75) is 57.2 Å². The highest BCUT2D eigenvalue weighted by atomic mass is 19.2. The zero-order valence-corrected chi connectivity index (χ0v) is 20.6. The lowest BCUT2D eigenvalue weighted by Crippen LogP contribution is -2.34. The highest BCUT2D eigenvalue weighted by molar-refractivity contribution is 5.68. The number of rotatable bonds is 5. The van der Waals surface area contributed by atoms with Crippen molar-refractivity contribution in [3.8, 4) is 0 Å². The van der Waals surface area contributed by atoms with Gasteiger partial charge in [0.05, 0.1) is 13.2 Å². The van der Waals surface area contributed by atoms with Crippen LogP contribution in [-0.2, 0) is 9.47 Å². The van der Waals surface area contributed by atoms with Crippen molar-refractivity contribution in [2.75, 3.05) is 13.2 Å². The second kappa shape index (κ2) is 11.1. The Labute approximate surface area is 214 Å². The van der Waals surface area contributed by atoms with Crippen molar-refractivity contribution in [1.82, 2.24) is 0 Å². The molecule has 37 heavy (non-hydrogen) atoms. The first-order chi connectivity index (χ1) is 17.8. The smallest absolute Gasteiger partial charge is 0.194 e. The summed E-state index contributed by atoms with van der Waals surface area (Å²) < 4.78 is 82.5. The Kier molecular flexibility index (Phi) is 7.82. The zero-order valence-electron chi connectivity index (χ0n) is 20.6. The number of hydrogen-bond donors (Lipinski definition) is 0. The normalized spacial score (nSPS) is 28.6. The lowest BCUT2D eigenvalue weighted by atomic mass is 9.76. The molecule has 1 unspecified atom stereocenters. The summed E-state index contributed by atoms with van der Waals surface area (Å²) in [6, 6.07) is 4.49. The molecular formula is C30H31F5O2. The van der Waals surface area contributed by atoms with E-state index in [1.54, 1.807) is 6.08 Å². The van der Waals surface area contributed by atoms with Gasteiger partial charge >= 0.3 is 0 Å². The lowest BCUT2D eigenvalue weighted by Gasteiger charge is -2.37. The third-order valence-electron chi connectivity index (χ3n) is 8.29. The first kappa shape index (κ1) is 26.1. The number of halogens is 5. The van der Waals surface area contributed by atoms with Crippen LogP contribution in [0, 0.1) is 46.8 Å². The molecule has 1 atom stereocenters. The van der Waals surface area contributed by atoms with E-state index in [1.807, 2.05) is 6.08 Å². The average Bonchev–Trinajstić information content (AvgIpc) is 2.91. The molecule has 2 nitrogen and oxygen atoms in total. The maximum Gasteiger partial charge on any atom is 0.194 e. The van der Waals surface area contributed by atoms with Gasteiger partial charge in [-0.3, -0.25) is 0 Å². The van der Waals surface area contributed by atoms with Crippen LogP contribution in [0.15, 0.2) is 43.0 Å². The molecule has 2 fully saturated rings. The van der Waals surface area contributed by atoms with E-state index < -0.39 is 35.4 Å². The van der Waals surface area contributed by atoms with Gasteiger partial charge in [-0.1, -0.05) is 12.2 Å². The van der Waals surface area contributed by atoms with Crippen LogP contribution in [0.2, 0.25) is 0 Å². The van der Waals surface area contributed by atoms with Crippen molar-refractivity contribution in [3.05, 3.63) is 88.8 Å². The topological polar surface area (TPSA) is 18.5 Å². The van der Waals surface area contributed by atoms with E-state index in [-0.39, 0.29) is 17.4 Å². The van der Waals surface area contributed by atoms with E-state index in [0.29, 0.717) is 61.0 Å². The number of hydrogen-bond acceptors (Lipinski definition) is 2. The summed E-state index contributed by atoms with van der Waals surface area (Å²) in [5, 5.41) is 0. The largest absolute Gasteiger partial charge is 0.348 e. The molecule has 0 radical (unpaired) electrons. The van der Waals surface area contributed by atoms with E-state index in [0.717, 1.165) is 37.8 Å². The van der Waals surface area contributed by atoms with E-state index in [1.165, 1.54) is 12.1 Å². The highest BCUT2D eigenvalue weighted by Crippen LogP contribution is 2.41. The van der Waals surface area contributed by atoms with Gasteiger partial charge < -0.3 is 9.47 Å². The molecule has 2 aromatic carbocycles. The number of benzene rings is 2. The predicted molar refractivity (Wildman–Crippen MR) is 131 cm³/mol. The maximum atomic E-state index is 15.1. The van der Waals surface area contributed by atoms with Crippen molar-refractivity contribution in [1.29, 1.82) is 0 Å². The van der Waals surface area contributed by atoms with Crippen molar-refractivity contribution in [2.24, 2.45) is 17.8 Å². The summed E-state index contributed by atoms with van der Waals surface area (Å²) in [6.45, 7) is 4.88. The number of ether oxygens (including phenoxy) is 2. The standard InChI is InChI=1S/C30H31F5O2/c1-2-17-3-5-19(6-4-17)23-15-36-30(37-16-23)22-13-24(31)28(25(32)14-22)20-9-7-18(8-10-20)21-11-26(33)29(35)27(34)12-21/h2,9,11-14,17-19,23,30H,1,3-8,10,15-16H2. The van der Waals surface area contributed by atoms with Gasteiger partial charge in [-0.05, 0) is 98.1 Å². The fraction of sp³-hybridized carbons (Fsp3) is 0.467. The van der Waals surface area contributed by atoms with Crippen molar-refractivity contribution in [3.63, 3.8) is 0 Å². The van der Waals surface area contributed by atoms with E-state index in [2.05, 4.69) is 6.58 Å². The summed E-state index contributed by atoms with van der Waals surface area (Å²) in [4.78, 5) is 0. The molecule has 0 bridgehead atoms. The molecule has 1 saturated carbocycles. The highest BCUT2D eigenvalue weighted by Gasteiger charge is 2.33. The zero-order chi connectivity index (χ0) is 26.1. The molecule has 0 amide bonds. The lowest BCUT2D eigenvalue weighted by molar-refractivity contribution is -0.214. The van der Waals surface area contributed by atoms with Gasteiger partial charge in [0.1, 0.15) is 11.6 Å². The van der Waals surface area contributed by atoms with Gasteiger partial charge in [0.25, 0.3) is 0 Å². The fourth-order valence-electron chi connectivity index (χ4n) is 6.05. The second-order valence-electron chi connectivity index (χ2n) is 10.5. The van der Waals surface area contributed by atoms with Crippen LogP contribution in [0.25, 0.3) is 5.57 Å². The Morgan fingerprint density at radius 2 is 1.32 bits per heavy atom. The minimum atomic E-state index is -1.50. The monoisotopic (exact) mass is 518 g/mol. The summed E-state index contributed by atoms with van der Waals surface area (Å²) in [6.07, 6.45) is 8.47. The van der Waals surface area contributed by atoms with Gasteiger partial charge in [-0.15, -0.1) is 6.58 Å². The summed E-state index contributed by atoms with van der Waals surface area (Å²) >= 11 is 0. The van der Waals surface area contributed by atoms with Crippen molar-refractivity contribution < 1.29 is 31.4 Å². The minimum absolute atomic E-state index is 0.105. The molecule has 3 aliphatic rings. The first-order valence-corrected chi connectivity index (χ1v) is 13.0. The molecule has 7 heteroatoms. The van der Waals surface area contributed by atoms with Crippen LogP contribution >= 0.6 is 0 Å². The Morgan fingerprint density at radius 3 is 1.86 bits per heavy atom. The summed E-state index contributed by atoms with van der Waals surface area (Å²) in [7, 11) is 0. The predicted octanol–water partition coefficient (Wildman–Crippen LogP) is 8.39. The van der Waals surface area contributed by atoms with Crippen LogP contribution < -0.4 is 0 Å². The molecule has 0 N–H and O–H groups in total. The third kappa shape index (κ3) is 5.53. The Bertz CT molecular complexity index is 1130. The quantitative estimate of drug-likeness (QED) is 0.225. The molecule has 2 aliphatic carbocycles. The van der Waals surface area contributed by atoms with Crippen LogP contribution in [-0.4, -0.2) is 13.2 Å². The van der Waals surface area contributed by atoms with Gasteiger partial charge in [0.15, 0.2) is 23.7 Å². The van der Waals surface area contributed by atoms with Gasteiger partial charge in [-0.2, -0.15) is 0 Å². The van der Waals surface area contributed by atoms with Crippen LogP contribution in [0.4, 0.5) is 22.0 Å². The third-order valence-corrected chi connectivity index (χ3v) is 8.29. The Balaban J connectivity index is 1.23. The van der Waals surface area contributed by atoms with Crippen LogP contribution in [0.5, 0.6) is 0 Å². The molecule has 2 aromatic rings. The van der Waals surface area contributed by atoms with Crippen molar-refractivity contribution >= 4 is 5.57 Å². The van der Waals surface area contributed by atoms with Crippen LogP contribution in [0.1, 0.15) is 73.8 Å². The second-order valence-corrected chi connectivity index (χ2v) is 10.5. The van der Waals surface area contributed by atoms with Gasteiger partial charge in [0.2, 0.25) is 0 Å². The molecule has 0 aromatic heterocycles. The first-order valence-electron chi connectivity index (χ1n) is 13.0. The van der Waals surface area contributed by atoms with E-state index in [4.69, 9.17) is 9.47 Å². The number of allylic oxidation sites excluding steroid dienone is 3. The summed E-state index contributed by atoms with van der Waals surface area (Å²) in [5.74, 6) is -4.26. The average molecular weight is 519 g/mol. The molecule has 1 aliphatic heterocycles. The van der Waals surface area contributed by atoms with Crippen LogP contribution in [0.3, 0.4) is 0 Å². The molecule has 1 heterocycles. The van der Waals surface area contributed by atoms with Gasteiger partial charge in [-0.25, -0.2) is 22.0 Å². The fourth-order valence-corrected chi connectivity index (χ4v) is 6.05. The van der Waals surface area contributed by atoms with Gasteiger partial charge in [0, 0.05) is 17.0 Å².